The smallest absolute Gasteiger partial charge is 0.206 e. The van der Waals surface area contributed by atoms with E-state index in [1.807, 2.05) is 6.92 Å². The van der Waals surface area contributed by atoms with E-state index in [0.29, 0.717) is 11.0 Å². The fourth-order valence-corrected chi connectivity index (χ4v) is 2.15. The zero-order valence-electron chi connectivity index (χ0n) is 10.5. The van der Waals surface area contributed by atoms with Gasteiger partial charge in [0.05, 0.1) is 16.7 Å². The summed E-state index contributed by atoms with van der Waals surface area (Å²) in [5.41, 5.74) is 7.64. The molecule has 102 valence electrons. The minimum atomic E-state index is -1.53. The number of nitrogen functional groups attached to an aromatic ring is 1. The van der Waals surface area contributed by atoms with Crippen molar-refractivity contribution < 1.29 is 13.2 Å². The zero-order chi connectivity index (χ0) is 14.4. The van der Waals surface area contributed by atoms with Crippen molar-refractivity contribution in [3.63, 3.8) is 0 Å². The molecule has 0 fully saturated rings. The number of aromatic nitrogens is 2. The molecule has 0 aliphatic heterocycles. The van der Waals surface area contributed by atoms with Gasteiger partial charge in [-0.3, -0.25) is 4.57 Å². The fourth-order valence-electron chi connectivity index (χ4n) is 2.15. The molecule has 3 nitrogen and oxygen atoms in total. The molecule has 3 rings (SSSR count). The molecule has 2 N–H and O–H groups in total. The van der Waals surface area contributed by atoms with Crippen LogP contribution in [0, 0.1) is 24.4 Å². The van der Waals surface area contributed by atoms with Gasteiger partial charge in [0.1, 0.15) is 0 Å². The lowest BCUT2D eigenvalue weighted by Crippen LogP contribution is -2.05. The Morgan fingerprint density at radius 3 is 2.55 bits per heavy atom. The van der Waals surface area contributed by atoms with E-state index < -0.39 is 17.5 Å². The molecule has 20 heavy (non-hydrogen) atoms. The SMILES string of the molecule is Cc1ccc2c(c1)nc(N)n2-c1ccc(F)c(F)c1F. The van der Waals surface area contributed by atoms with Crippen LogP contribution in [0.25, 0.3) is 16.7 Å². The van der Waals surface area contributed by atoms with Crippen LogP contribution in [0.4, 0.5) is 19.1 Å². The van der Waals surface area contributed by atoms with E-state index >= 15 is 0 Å². The standard InChI is InChI=1S/C14H10F3N3/c1-7-2-4-10-9(6-7)19-14(18)20(10)11-5-3-8(15)12(16)13(11)17/h2-6H,1H3,(H2,18,19). The largest absolute Gasteiger partial charge is 0.369 e. The highest BCUT2D eigenvalue weighted by Crippen LogP contribution is 2.27. The number of nitrogens with two attached hydrogens (primary N) is 1. The number of nitrogens with zero attached hydrogens (tertiary/aromatic N) is 2. The second-order valence-electron chi connectivity index (χ2n) is 4.49. The number of fused-ring (bicyclic) bond motifs is 1. The summed E-state index contributed by atoms with van der Waals surface area (Å²) < 4.78 is 41.5. The molecule has 3 aromatic rings. The Morgan fingerprint density at radius 1 is 1.05 bits per heavy atom. The third kappa shape index (κ3) is 1.72. The summed E-state index contributed by atoms with van der Waals surface area (Å²) in [5.74, 6) is -4.06. The van der Waals surface area contributed by atoms with E-state index in [4.69, 9.17) is 5.73 Å². The molecule has 1 heterocycles. The van der Waals surface area contributed by atoms with Gasteiger partial charge in [0.15, 0.2) is 17.5 Å². The molecule has 1 aromatic heterocycles. The molecule has 0 aliphatic rings. The molecule has 0 aliphatic carbocycles. The van der Waals surface area contributed by atoms with Gasteiger partial charge in [0, 0.05) is 0 Å². The molecule has 0 saturated carbocycles. The molecule has 0 amide bonds. The number of halogens is 3. The average molecular weight is 277 g/mol. The maximum absolute atomic E-state index is 13.9. The molecule has 0 unspecified atom stereocenters. The highest BCUT2D eigenvalue weighted by molar-refractivity contribution is 5.81. The summed E-state index contributed by atoms with van der Waals surface area (Å²) >= 11 is 0. The molecule has 0 radical (unpaired) electrons. The van der Waals surface area contributed by atoms with Crippen LogP contribution in [0.15, 0.2) is 30.3 Å². The topological polar surface area (TPSA) is 43.8 Å². The van der Waals surface area contributed by atoms with Gasteiger partial charge >= 0.3 is 0 Å². The Bertz CT molecular complexity index is 824. The number of imidazole rings is 1. The highest BCUT2D eigenvalue weighted by atomic mass is 19.2. The predicted molar refractivity (Wildman–Crippen MR) is 70.1 cm³/mol. The summed E-state index contributed by atoms with van der Waals surface area (Å²) in [4.78, 5) is 4.10. The number of benzene rings is 2. The number of hydrogen-bond donors (Lipinski definition) is 1. The van der Waals surface area contributed by atoms with Crippen molar-refractivity contribution in [3.05, 3.63) is 53.3 Å². The van der Waals surface area contributed by atoms with Crippen LogP contribution in [-0.2, 0) is 0 Å². The second kappa shape index (κ2) is 4.26. The number of rotatable bonds is 1. The number of anilines is 1. The van der Waals surface area contributed by atoms with Crippen LogP contribution < -0.4 is 5.73 Å². The van der Waals surface area contributed by atoms with Crippen LogP contribution in [0.2, 0.25) is 0 Å². The Labute approximate surface area is 112 Å². The van der Waals surface area contributed by atoms with Gasteiger partial charge in [-0.25, -0.2) is 18.2 Å². The Morgan fingerprint density at radius 2 is 1.80 bits per heavy atom. The number of aryl methyl sites for hydroxylation is 1. The minimum absolute atomic E-state index is 0.00973. The lowest BCUT2D eigenvalue weighted by Gasteiger charge is -2.08. The summed E-state index contributed by atoms with van der Waals surface area (Å²) in [7, 11) is 0. The Hall–Kier alpha value is -2.50. The maximum Gasteiger partial charge on any atom is 0.206 e. The first kappa shape index (κ1) is 12.5. The summed E-state index contributed by atoms with van der Waals surface area (Å²) in [6.07, 6.45) is 0. The van der Waals surface area contributed by atoms with Crippen LogP contribution >= 0.6 is 0 Å². The summed E-state index contributed by atoms with van der Waals surface area (Å²) in [6.45, 7) is 1.88. The third-order valence-corrected chi connectivity index (χ3v) is 3.09. The Balaban J connectivity index is 2.35. The monoisotopic (exact) mass is 277 g/mol. The van der Waals surface area contributed by atoms with Crippen LogP contribution in [-0.4, -0.2) is 9.55 Å². The lowest BCUT2D eigenvalue weighted by atomic mass is 10.2. The van der Waals surface area contributed by atoms with Crippen LogP contribution in [0.5, 0.6) is 0 Å². The zero-order valence-corrected chi connectivity index (χ0v) is 10.5. The molecule has 2 aromatic carbocycles. The first-order chi connectivity index (χ1) is 9.49. The van der Waals surface area contributed by atoms with Crippen LogP contribution in [0.1, 0.15) is 5.56 Å². The van der Waals surface area contributed by atoms with Crippen molar-refractivity contribution in [1.29, 1.82) is 0 Å². The molecule has 6 heteroatoms. The third-order valence-electron chi connectivity index (χ3n) is 3.09. The second-order valence-corrected chi connectivity index (χ2v) is 4.49. The van der Waals surface area contributed by atoms with Gasteiger partial charge in [-0.05, 0) is 36.8 Å². The van der Waals surface area contributed by atoms with E-state index in [1.54, 1.807) is 18.2 Å². The molecule has 0 spiro atoms. The maximum atomic E-state index is 13.9. The molecular formula is C14H10F3N3. The van der Waals surface area contributed by atoms with Crippen molar-refractivity contribution in [2.24, 2.45) is 0 Å². The van der Waals surface area contributed by atoms with Gasteiger partial charge < -0.3 is 5.73 Å². The van der Waals surface area contributed by atoms with E-state index in [-0.39, 0.29) is 11.6 Å². The van der Waals surface area contributed by atoms with E-state index in [9.17, 15) is 13.2 Å². The van der Waals surface area contributed by atoms with Crippen molar-refractivity contribution in [2.75, 3.05) is 5.73 Å². The van der Waals surface area contributed by atoms with Crippen molar-refractivity contribution in [2.45, 2.75) is 6.92 Å². The molecule has 0 saturated heterocycles. The van der Waals surface area contributed by atoms with E-state index in [2.05, 4.69) is 4.98 Å². The molecule has 0 atom stereocenters. The van der Waals surface area contributed by atoms with Crippen molar-refractivity contribution in [1.82, 2.24) is 9.55 Å². The Kier molecular flexibility index (Phi) is 2.67. The summed E-state index contributed by atoms with van der Waals surface area (Å²) in [6, 6.07) is 7.27. The van der Waals surface area contributed by atoms with Gasteiger partial charge in [0.2, 0.25) is 5.95 Å². The lowest BCUT2D eigenvalue weighted by molar-refractivity contribution is 0.445. The van der Waals surface area contributed by atoms with E-state index in [0.717, 1.165) is 17.7 Å². The minimum Gasteiger partial charge on any atom is -0.369 e. The van der Waals surface area contributed by atoms with Crippen LogP contribution in [0.3, 0.4) is 0 Å². The van der Waals surface area contributed by atoms with E-state index in [1.165, 1.54) is 4.57 Å². The first-order valence-corrected chi connectivity index (χ1v) is 5.87. The quantitative estimate of drug-likeness (QED) is 0.693. The molecule has 0 bridgehead atoms. The average Bonchev–Trinajstić information content (AvgIpc) is 2.72. The highest BCUT2D eigenvalue weighted by Gasteiger charge is 2.18. The predicted octanol–water partition coefficient (Wildman–Crippen LogP) is 3.33. The first-order valence-electron chi connectivity index (χ1n) is 5.87. The van der Waals surface area contributed by atoms with Gasteiger partial charge in [-0.15, -0.1) is 0 Å². The van der Waals surface area contributed by atoms with Gasteiger partial charge in [-0.2, -0.15) is 0 Å². The van der Waals surface area contributed by atoms with Gasteiger partial charge in [-0.1, -0.05) is 6.07 Å². The normalized spacial score (nSPS) is 11.2. The van der Waals surface area contributed by atoms with Crippen molar-refractivity contribution >= 4 is 17.0 Å². The van der Waals surface area contributed by atoms with Gasteiger partial charge in [0.25, 0.3) is 0 Å². The summed E-state index contributed by atoms with van der Waals surface area (Å²) in [5, 5.41) is 0. The van der Waals surface area contributed by atoms with Crippen molar-refractivity contribution in [3.8, 4) is 5.69 Å². The number of hydrogen-bond acceptors (Lipinski definition) is 2. The molecular weight excluding hydrogens is 267 g/mol. The fraction of sp³-hybridized carbons (Fsp3) is 0.0714.